The maximum absolute atomic E-state index is 11.8. The van der Waals surface area contributed by atoms with Gasteiger partial charge < -0.3 is 15.6 Å². The van der Waals surface area contributed by atoms with Crippen molar-refractivity contribution in [1.29, 1.82) is 0 Å². The summed E-state index contributed by atoms with van der Waals surface area (Å²) in [6.07, 6.45) is 2.36. The first kappa shape index (κ1) is 10.4. The van der Waals surface area contributed by atoms with Gasteiger partial charge in [0.05, 0.1) is 12.5 Å². The van der Waals surface area contributed by atoms with Crippen LogP contribution in [0.5, 0.6) is 0 Å². The van der Waals surface area contributed by atoms with Crippen molar-refractivity contribution in [3.8, 4) is 0 Å². The van der Waals surface area contributed by atoms with Gasteiger partial charge in [0, 0.05) is 30.2 Å². The van der Waals surface area contributed by atoms with E-state index in [0.29, 0.717) is 12.5 Å². The Hall–Kier alpha value is -1.81. The van der Waals surface area contributed by atoms with Crippen molar-refractivity contribution in [3.05, 3.63) is 36.0 Å². The molecule has 1 aliphatic rings. The number of hydrogen-bond acceptors (Lipinski definition) is 2. The van der Waals surface area contributed by atoms with E-state index in [1.165, 1.54) is 0 Å². The summed E-state index contributed by atoms with van der Waals surface area (Å²) in [7, 11) is 0. The van der Waals surface area contributed by atoms with E-state index in [-0.39, 0.29) is 5.91 Å². The quantitative estimate of drug-likeness (QED) is 0.729. The molecule has 3 rings (SSSR count). The molecule has 2 aromatic rings. The monoisotopic (exact) mass is 229 g/mol. The summed E-state index contributed by atoms with van der Waals surface area (Å²) in [5.41, 5.74) is 2.14. The summed E-state index contributed by atoms with van der Waals surface area (Å²) in [5, 5.41) is 7.27. The Balaban J connectivity index is 1.73. The van der Waals surface area contributed by atoms with Gasteiger partial charge in [-0.2, -0.15) is 0 Å². The average molecular weight is 229 g/mol. The van der Waals surface area contributed by atoms with Gasteiger partial charge in [0.25, 0.3) is 0 Å². The van der Waals surface area contributed by atoms with Crippen LogP contribution in [-0.2, 0) is 11.2 Å². The molecule has 0 bridgehead atoms. The van der Waals surface area contributed by atoms with Gasteiger partial charge in [-0.15, -0.1) is 0 Å². The van der Waals surface area contributed by atoms with Crippen molar-refractivity contribution in [2.75, 3.05) is 13.1 Å². The van der Waals surface area contributed by atoms with Gasteiger partial charge in [-0.25, -0.2) is 0 Å². The first-order valence-electron chi connectivity index (χ1n) is 5.88. The van der Waals surface area contributed by atoms with Crippen molar-refractivity contribution in [2.45, 2.75) is 12.5 Å². The summed E-state index contributed by atoms with van der Waals surface area (Å²) >= 11 is 0. The molecule has 4 nitrogen and oxygen atoms in total. The molecule has 1 amide bonds. The Morgan fingerprint density at radius 2 is 2.18 bits per heavy atom. The van der Waals surface area contributed by atoms with Crippen molar-refractivity contribution < 1.29 is 4.79 Å². The van der Waals surface area contributed by atoms with Crippen molar-refractivity contribution in [2.24, 2.45) is 0 Å². The minimum atomic E-state index is 0.0984. The van der Waals surface area contributed by atoms with E-state index in [0.717, 1.165) is 29.6 Å². The Labute approximate surface area is 99.4 Å². The second-order valence-electron chi connectivity index (χ2n) is 4.46. The third-order valence-electron chi connectivity index (χ3n) is 3.17. The predicted molar refractivity (Wildman–Crippen MR) is 66.8 cm³/mol. The lowest BCUT2D eigenvalue weighted by molar-refractivity contribution is -0.121. The number of carbonyl (C=O) groups is 1. The van der Waals surface area contributed by atoms with Crippen molar-refractivity contribution in [1.82, 2.24) is 15.6 Å². The third-order valence-corrected chi connectivity index (χ3v) is 3.17. The fraction of sp³-hybridized carbons (Fsp3) is 0.308. The van der Waals surface area contributed by atoms with Crippen LogP contribution in [0, 0.1) is 0 Å². The van der Waals surface area contributed by atoms with E-state index in [2.05, 4.69) is 15.6 Å². The predicted octanol–water partition coefficient (Wildman–Crippen LogP) is 0.798. The average Bonchev–Trinajstić information content (AvgIpc) is 2.68. The van der Waals surface area contributed by atoms with Crippen LogP contribution in [0.15, 0.2) is 30.5 Å². The molecule has 0 radical (unpaired) electrons. The zero-order valence-electron chi connectivity index (χ0n) is 9.49. The summed E-state index contributed by atoms with van der Waals surface area (Å²) < 4.78 is 0. The number of nitrogens with one attached hydrogen (secondary N) is 3. The molecule has 0 saturated carbocycles. The van der Waals surface area contributed by atoms with Gasteiger partial charge in [-0.1, -0.05) is 18.2 Å². The van der Waals surface area contributed by atoms with Crippen LogP contribution in [0.2, 0.25) is 0 Å². The van der Waals surface area contributed by atoms with Crippen LogP contribution in [-0.4, -0.2) is 30.0 Å². The van der Waals surface area contributed by atoms with Gasteiger partial charge in [-0.05, 0) is 11.6 Å². The molecule has 1 aromatic heterocycles. The first-order valence-corrected chi connectivity index (χ1v) is 5.88. The molecule has 0 unspecified atom stereocenters. The topological polar surface area (TPSA) is 56.9 Å². The molecule has 1 aromatic carbocycles. The van der Waals surface area contributed by atoms with Gasteiger partial charge >= 0.3 is 0 Å². The number of carbonyl (C=O) groups excluding carboxylic acids is 1. The summed E-state index contributed by atoms with van der Waals surface area (Å²) in [6, 6.07) is 8.36. The zero-order valence-corrected chi connectivity index (χ0v) is 9.49. The highest BCUT2D eigenvalue weighted by molar-refractivity contribution is 5.88. The number of aromatic amines is 1. The minimum Gasteiger partial charge on any atom is -0.361 e. The molecule has 17 heavy (non-hydrogen) atoms. The number of fused-ring (bicyclic) bond motifs is 1. The maximum atomic E-state index is 11.8. The van der Waals surface area contributed by atoms with E-state index in [1.54, 1.807) is 0 Å². The van der Waals surface area contributed by atoms with E-state index in [4.69, 9.17) is 0 Å². The second kappa shape index (κ2) is 4.22. The fourth-order valence-electron chi connectivity index (χ4n) is 2.12. The van der Waals surface area contributed by atoms with E-state index in [9.17, 15) is 4.79 Å². The van der Waals surface area contributed by atoms with Crippen LogP contribution >= 0.6 is 0 Å². The highest BCUT2D eigenvalue weighted by Gasteiger charge is 2.19. The number of benzene rings is 1. The second-order valence-corrected chi connectivity index (χ2v) is 4.46. The Bertz CT molecular complexity index is 542. The van der Waals surface area contributed by atoms with Gasteiger partial charge in [0.1, 0.15) is 0 Å². The molecule has 0 spiro atoms. The Kier molecular flexibility index (Phi) is 2.57. The zero-order chi connectivity index (χ0) is 11.7. The molecule has 4 heteroatoms. The molecule has 0 aliphatic carbocycles. The van der Waals surface area contributed by atoms with E-state index in [1.807, 2.05) is 30.5 Å². The standard InChI is InChI=1S/C13H15N3O/c17-13(16-10-7-14-8-10)5-9-6-15-12-4-2-1-3-11(9)12/h1-4,6,10,14-15H,5,7-8H2,(H,16,17). The first-order chi connectivity index (χ1) is 8.33. The molecule has 0 atom stereocenters. The van der Waals surface area contributed by atoms with Gasteiger partial charge in [0.2, 0.25) is 5.91 Å². The normalized spacial score (nSPS) is 15.8. The lowest BCUT2D eigenvalue weighted by Gasteiger charge is -2.27. The van der Waals surface area contributed by atoms with E-state index < -0.39 is 0 Å². The van der Waals surface area contributed by atoms with Crippen molar-refractivity contribution in [3.63, 3.8) is 0 Å². The number of aromatic nitrogens is 1. The lowest BCUT2D eigenvalue weighted by Crippen LogP contribution is -2.57. The third kappa shape index (κ3) is 2.03. The maximum Gasteiger partial charge on any atom is 0.224 e. The minimum absolute atomic E-state index is 0.0984. The summed E-state index contributed by atoms with van der Waals surface area (Å²) in [5.74, 6) is 0.0984. The molecule has 88 valence electrons. The smallest absolute Gasteiger partial charge is 0.224 e. The molecular weight excluding hydrogens is 214 g/mol. The number of rotatable bonds is 3. The highest BCUT2D eigenvalue weighted by atomic mass is 16.1. The SMILES string of the molecule is O=C(Cc1c[nH]c2ccccc12)NC1CNC1. The van der Waals surface area contributed by atoms with Gasteiger partial charge in [0.15, 0.2) is 0 Å². The fourth-order valence-corrected chi connectivity index (χ4v) is 2.12. The molecule has 3 N–H and O–H groups in total. The van der Waals surface area contributed by atoms with Crippen LogP contribution in [0.3, 0.4) is 0 Å². The van der Waals surface area contributed by atoms with Gasteiger partial charge in [-0.3, -0.25) is 4.79 Å². The number of hydrogen-bond donors (Lipinski definition) is 3. The Morgan fingerprint density at radius 1 is 1.35 bits per heavy atom. The molecule has 1 fully saturated rings. The molecule has 1 saturated heterocycles. The van der Waals surface area contributed by atoms with Crippen molar-refractivity contribution >= 4 is 16.8 Å². The Morgan fingerprint density at radius 3 is 2.94 bits per heavy atom. The number of amides is 1. The summed E-state index contributed by atoms with van der Waals surface area (Å²) in [4.78, 5) is 15.0. The molecular formula is C13H15N3O. The molecule has 2 heterocycles. The highest BCUT2D eigenvalue weighted by Crippen LogP contribution is 2.17. The lowest BCUT2D eigenvalue weighted by atomic mass is 10.1. The number of H-pyrrole nitrogens is 1. The van der Waals surface area contributed by atoms with E-state index >= 15 is 0 Å². The van der Waals surface area contributed by atoms with Crippen LogP contribution in [0.1, 0.15) is 5.56 Å². The molecule has 1 aliphatic heterocycles. The van der Waals surface area contributed by atoms with Crippen LogP contribution in [0.4, 0.5) is 0 Å². The van der Waals surface area contributed by atoms with Crippen LogP contribution < -0.4 is 10.6 Å². The van der Waals surface area contributed by atoms with Crippen LogP contribution in [0.25, 0.3) is 10.9 Å². The number of para-hydroxylation sites is 1. The summed E-state index contributed by atoms with van der Waals surface area (Å²) in [6.45, 7) is 1.78. The largest absolute Gasteiger partial charge is 0.361 e.